The fourth-order valence-corrected chi connectivity index (χ4v) is 4.44. The topological polar surface area (TPSA) is 87.5 Å². The zero-order chi connectivity index (χ0) is 22.1. The van der Waals surface area contributed by atoms with E-state index in [2.05, 4.69) is 10.3 Å². The van der Waals surface area contributed by atoms with Crippen LogP contribution in [0.3, 0.4) is 0 Å². The van der Waals surface area contributed by atoms with Crippen LogP contribution in [0, 0.1) is 0 Å². The minimum atomic E-state index is -0.481. The Bertz CT molecular complexity index is 1170. The summed E-state index contributed by atoms with van der Waals surface area (Å²) >= 11 is 0. The Morgan fingerprint density at radius 2 is 1.75 bits per heavy atom. The summed E-state index contributed by atoms with van der Waals surface area (Å²) in [5.74, 6) is -0.283. The third-order valence-corrected chi connectivity index (χ3v) is 5.94. The summed E-state index contributed by atoms with van der Waals surface area (Å²) in [5.41, 5.74) is 2.58. The van der Waals surface area contributed by atoms with Gasteiger partial charge in [-0.1, -0.05) is 30.3 Å². The predicted molar refractivity (Wildman–Crippen MR) is 118 cm³/mol. The molecule has 8 heteroatoms. The normalized spacial score (nSPS) is 16.6. The molecular weight excluding hydrogens is 406 g/mol. The van der Waals surface area contributed by atoms with Gasteiger partial charge in [0.2, 0.25) is 5.91 Å². The molecule has 3 amide bonds. The standard InChI is InChI=1S/C24H23N5O3/c30-21(26-12-15-27-14-11-25-16-27)10-5-13-28-22-17-6-1-2-7-18(17)24(32)29(22)20-9-4-3-8-19(20)23(28)31/h1-4,6-9,11,14,16,22H,5,10,12-13,15H2,(H,26,30)/t22-/m1/s1. The van der Waals surface area contributed by atoms with Crippen molar-refractivity contribution in [1.82, 2.24) is 19.8 Å². The van der Waals surface area contributed by atoms with Crippen LogP contribution in [0.25, 0.3) is 0 Å². The molecule has 2 aromatic carbocycles. The summed E-state index contributed by atoms with van der Waals surface area (Å²) in [4.78, 5) is 46.2. The Morgan fingerprint density at radius 1 is 0.969 bits per heavy atom. The number of nitrogens with zero attached hydrogens (tertiary/aromatic N) is 4. The molecule has 0 spiro atoms. The first kappa shape index (κ1) is 20.0. The van der Waals surface area contributed by atoms with E-state index in [-0.39, 0.29) is 17.7 Å². The van der Waals surface area contributed by atoms with Crippen molar-refractivity contribution in [2.75, 3.05) is 18.0 Å². The Labute approximate surface area is 185 Å². The van der Waals surface area contributed by atoms with E-state index in [0.29, 0.717) is 49.3 Å². The van der Waals surface area contributed by atoms with Crippen LogP contribution in [-0.4, -0.2) is 45.3 Å². The maximum Gasteiger partial charge on any atom is 0.260 e. The highest BCUT2D eigenvalue weighted by Gasteiger charge is 2.47. The summed E-state index contributed by atoms with van der Waals surface area (Å²) in [5, 5.41) is 2.90. The molecule has 0 saturated carbocycles. The molecule has 0 saturated heterocycles. The lowest BCUT2D eigenvalue weighted by molar-refractivity contribution is -0.121. The number of amides is 3. The molecule has 2 aliphatic heterocycles. The first-order valence-electron chi connectivity index (χ1n) is 10.7. The number of carbonyl (C=O) groups is 3. The van der Waals surface area contributed by atoms with Crippen molar-refractivity contribution >= 4 is 23.4 Å². The van der Waals surface area contributed by atoms with Crippen LogP contribution >= 0.6 is 0 Å². The zero-order valence-corrected chi connectivity index (χ0v) is 17.5. The average Bonchev–Trinajstić information content (AvgIpc) is 3.43. The monoisotopic (exact) mass is 429 g/mol. The van der Waals surface area contributed by atoms with Gasteiger partial charge in [-0.2, -0.15) is 0 Å². The molecule has 3 aromatic rings. The van der Waals surface area contributed by atoms with Gasteiger partial charge in [-0.15, -0.1) is 0 Å². The molecule has 5 rings (SSSR count). The SMILES string of the molecule is O=C(CCCN1C(=O)c2ccccc2N2C(=O)c3ccccc3[C@H]12)NCCn1ccnc1. The van der Waals surface area contributed by atoms with Crippen LogP contribution in [-0.2, 0) is 11.3 Å². The fourth-order valence-electron chi connectivity index (χ4n) is 4.44. The second-order valence-electron chi connectivity index (χ2n) is 7.91. The molecule has 162 valence electrons. The van der Waals surface area contributed by atoms with Crippen molar-refractivity contribution in [1.29, 1.82) is 0 Å². The number of hydrogen-bond donors (Lipinski definition) is 1. The lowest BCUT2D eigenvalue weighted by Gasteiger charge is -2.41. The Balaban J connectivity index is 1.29. The molecule has 0 fully saturated rings. The molecule has 0 radical (unpaired) electrons. The largest absolute Gasteiger partial charge is 0.354 e. The molecule has 8 nitrogen and oxygen atoms in total. The van der Waals surface area contributed by atoms with Crippen molar-refractivity contribution in [2.45, 2.75) is 25.6 Å². The number of fused-ring (bicyclic) bond motifs is 5. The van der Waals surface area contributed by atoms with Gasteiger partial charge in [0.25, 0.3) is 11.8 Å². The first-order valence-corrected chi connectivity index (χ1v) is 10.7. The van der Waals surface area contributed by atoms with E-state index in [1.807, 2.05) is 41.1 Å². The predicted octanol–water partition coefficient (Wildman–Crippen LogP) is 2.59. The van der Waals surface area contributed by atoms with Gasteiger partial charge in [0.15, 0.2) is 0 Å². The average molecular weight is 429 g/mol. The minimum absolute atomic E-state index is 0.0604. The molecule has 0 aliphatic carbocycles. The number of rotatable bonds is 7. The smallest absolute Gasteiger partial charge is 0.260 e. The van der Waals surface area contributed by atoms with Gasteiger partial charge in [0, 0.05) is 49.6 Å². The van der Waals surface area contributed by atoms with E-state index in [4.69, 9.17) is 0 Å². The molecule has 0 unspecified atom stereocenters. The van der Waals surface area contributed by atoms with Gasteiger partial charge in [-0.25, -0.2) is 4.98 Å². The van der Waals surface area contributed by atoms with Crippen molar-refractivity contribution in [3.05, 3.63) is 83.9 Å². The number of aromatic nitrogens is 2. The van der Waals surface area contributed by atoms with E-state index < -0.39 is 6.17 Å². The Kier molecular flexibility index (Phi) is 5.18. The van der Waals surface area contributed by atoms with Gasteiger partial charge < -0.3 is 14.8 Å². The van der Waals surface area contributed by atoms with Crippen LogP contribution in [0.2, 0.25) is 0 Å². The number of carbonyl (C=O) groups excluding carboxylic acids is 3. The van der Waals surface area contributed by atoms with E-state index >= 15 is 0 Å². The van der Waals surface area contributed by atoms with Crippen LogP contribution in [0.1, 0.15) is 45.3 Å². The summed E-state index contributed by atoms with van der Waals surface area (Å²) in [6.07, 6.45) is 5.58. The highest BCUT2D eigenvalue weighted by Crippen LogP contribution is 2.45. The van der Waals surface area contributed by atoms with E-state index in [1.54, 1.807) is 40.5 Å². The second kappa shape index (κ2) is 8.30. The van der Waals surface area contributed by atoms with Crippen LogP contribution in [0.4, 0.5) is 5.69 Å². The highest BCUT2D eigenvalue weighted by molar-refractivity contribution is 6.16. The molecule has 1 N–H and O–H groups in total. The second-order valence-corrected chi connectivity index (χ2v) is 7.91. The molecule has 1 aromatic heterocycles. The lowest BCUT2D eigenvalue weighted by Crippen LogP contribution is -2.48. The number of para-hydroxylation sites is 1. The molecule has 0 bridgehead atoms. The van der Waals surface area contributed by atoms with Crippen molar-refractivity contribution in [3.8, 4) is 0 Å². The lowest BCUT2D eigenvalue weighted by atomic mass is 10.0. The minimum Gasteiger partial charge on any atom is -0.354 e. The Hall–Kier alpha value is -3.94. The molecule has 32 heavy (non-hydrogen) atoms. The quantitative estimate of drug-likeness (QED) is 0.625. The van der Waals surface area contributed by atoms with Crippen LogP contribution < -0.4 is 10.2 Å². The number of hydrogen-bond acceptors (Lipinski definition) is 4. The van der Waals surface area contributed by atoms with Gasteiger partial charge in [0.05, 0.1) is 17.6 Å². The van der Waals surface area contributed by atoms with Gasteiger partial charge >= 0.3 is 0 Å². The number of benzene rings is 2. The van der Waals surface area contributed by atoms with Gasteiger partial charge in [-0.05, 0) is 24.6 Å². The van der Waals surface area contributed by atoms with Crippen molar-refractivity contribution in [3.63, 3.8) is 0 Å². The van der Waals surface area contributed by atoms with E-state index in [1.165, 1.54) is 0 Å². The fraction of sp³-hybridized carbons (Fsp3) is 0.250. The van der Waals surface area contributed by atoms with Gasteiger partial charge in [0.1, 0.15) is 6.17 Å². The summed E-state index contributed by atoms with van der Waals surface area (Å²) in [6.45, 7) is 1.55. The number of nitrogens with one attached hydrogen (secondary N) is 1. The maximum absolute atomic E-state index is 13.3. The van der Waals surface area contributed by atoms with Crippen molar-refractivity contribution < 1.29 is 14.4 Å². The summed E-state index contributed by atoms with van der Waals surface area (Å²) in [6, 6.07) is 14.6. The number of imidazole rings is 1. The zero-order valence-electron chi connectivity index (χ0n) is 17.5. The van der Waals surface area contributed by atoms with Crippen LogP contribution in [0.5, 0.6) is 0 Å². The highest BCUT2D eigenvalue weighted by atomic mass is 16.2. The summed E-state index contributed by atoms with van der Waals surface area (Å²) in [7, 11) is 0. The molecule has 3 heterocycles. The first-order chi connectivity index (χ1) is 15.6. The summed E-state index contributed by atoms with van der Waals surface area (Å²) < 4.78 is 1.90. The van der Waals surface area contributed by atoms with Crippen molar-refractivity contribution in [2.24, 2.45) is 0 Å². The van der Waals surface area contributed by atoms with Crippen LogP contribution in [0.15, 0.2) is 67.3 Å². The molecular formula is C24H23N5O3. The molecule has 1 atom stereocenters. The molecule has 2 aliphatic rings. The van der Waals surface area contributed by atoms with E-state index in [9.17, 15) is 14.4 Å². The maximum atomic E-state index is 13.3. The third kappa shape index (κ3) is 3.43. The number of anilines is 1. The Morgan fingerprint density at radius 3 is 2.56 bits per heavy atom. The van der Waals surface area contributed by atoms with E-state index in [0.717, 1.165) is 5.56 Å². The third-order valence-electron chi connectivity index (χ3n) is 5.94. The van der Waals surface area contributed by atoms with Gasteiger partial charge in [-0.3, -0.25) is 19.3 Å².